The maximum Gasteiger partial charge on any atom is 0.307 e. The second-order valence-electron chi connectivity index (χ2n) is 3.90. The van der Waals surface area contributed by atoms with Gasteiger partial charge in [-0.3, -0.25) is 9.36 Å². The Kier molecular flexibility index (Phi) is 3.40. The largest absolute Gasteiger partial charge is 0.398 e. The van der Waals surface area contributed by atoms with Crippen LogP contribution in [0.25, 0.3) is 0 Å². The number of nitrogens with two attached hydrogens (primary N) is 1. The van der Waals surface area contributed by atoms with E-state index in [1.165, 1.54) is 11.3 Å². The van der Waals surface area contributed by atoms with Crippen LogP contribution in [0.2, 0.25) is 0 Å². The highest BCUT2D eigenvalue weighted by atomic mass is 79.9. The highest BCUT2D eigenvalue weighted by Gasteiger charge is 2.11. The van der Waals surface area contributed by atoms with Gasteiger partial charge in [-0.1, -0.05) is 33.3 Å². The minimum atomic E-state index is 0.0650. The summed E-state index contributed by atoms with van der Waals surface area (Å²) >= 11 is 4.75. The van der Waals surface area contributed by atoms with E-state index in [9.17, 15) is 4.79 Å². The van der Waals surface area contributed by atoms with E-state index in [1.807, 2.05) is 32.0 Å². The predicted molar refractivity (Wildman–Crippen MR) is 75.7 cm³/mol. The van der Waals surface area contributed by atoms with Crippen LogP contribution in [0.4, 0.5) is 5.69 Å². The van der Waals surface area contributed by atoms with Crippen LogP contribution in [-0.2, 0) is 6.54 Å². The molecular formula is C12H13BrN2OS. The van der Waals surface area contributed by atoms with Crippen molar-refractivity contribution in [2.45, 2.75) is 20.4 Å². The van der Waals surface area contributed by atoms with E-state index in [-0.39, 0.29) is 4.87 Å². The molecule has 2 rings (SSSR count). The van der Waals surface area contributed by atoms with Crippen LogP contribution in [0, 0.1) is 13.8 Å². The molecule has 90 valence electrons. The van der Waals surface area contributed by atoms with Gasteiger partial charge in [0.25, 0.3) is 0 Å². The molecule has 1 aromatic heterocycles. The molecule has 3 nitrogen and oxygen atoms in total. The maximum absolute atomic E-state index is 11.8. The first-order chi connectivity index (χ1) is 8.00. The molecule has 0 radical (unpaired) electrons. The second-order valence-corrected chi connectivity index (χ2v) is 5.92. The van der Waals surface area contributed by atoms with Crippen molar-refractivity contribution < 1.29 is 0 Å². The quantitative estimate of drug-likeness (QED) is 0.867. The van der Waals surface area contributed by atoms with Crippen molar-refractivity contribution in [3.05, 3.63) is 48.5 Å². The van der Waals surface area contributed by atoms with Gasteiger partial charge >= 0.3 is 4.87 Å². The molecular weight excluding hydrogens is 300 g/mol. The molecule has 0 saturated carbocycles. The van der Waals surface area contributed by atoms with Crippen LogP contribution < -0.4 is 10.6 Å². The fourth-order valence-corrected chi connectivity index (χ4v) is 3.01. The number of rotatable bonds is 2. The van der Waals surface area contributed by atoms with E-state index < -0.39 is 0 Å². The molecule has 2 N–H and O–H groups in total. The topological polar surface area (TPSA) is 48.0 Å². The molecule has 0 aliphatic heterocycles. The van der Waals surface area contributed by atoms with Crippen molar-refractivity contribution in [3.63, 3.8) is 0 Å². The third-order valence-electron chi connectivity index (χ3n) is 2.85. The summed E-state index contributed by atoms with van der Waals surface area (Å²) in [4.78, 5) is 12.9. The number of benzene rings is 1. The van der Waals surface area contributed by atoms with Gasteiger partial charge in [0.2, 0.25) is 0 Å². The van der Waals surface area contributed by atoms with Gasteiger partial charge in [-0.2, -0.15) is 0 Å². The highest BCUT2D eigenvalue weighted by Crippen LogP contribution is 2.24. The molecule has 1 heterocycles. The van der Waals surface area contributed by atoms with E-state index in [0.717, 1.165) is 20.6 Å². The number of hydrogen-bond donors (Lipinski definition) is 1. The molecule has 0 spiro atoms. The summed E-state index contributed by atoms with van der Waals surface area (Å²) < 4.78 is 2.70. The molecule has 0 aliphatic rings. The lowest BCUT2D eigenvalue weighted by atomic mass is 10.2. The summed E-state index contributed by atoms with van der Waals surface area (Å²) in [6.45, 7) is 4.43. The number of anilines is 1. The summed E-state index contributed by atoms with van der Waals surface area (Å²) in [7, 11) is 0. The Balaban J connectivity index is 2.49. The number of nitrogens with zero attached hydrogens (tertiary/aromatic N) is 1. The summed E-state index contributed by atoms with van der Waals surface area (Å²) in [6, 6.07) is 5.67. The van der Waals surface area contributed by atoms with Crippen LogP contribution in [0.3, 0.4) is 0 Å². The Hall–Kier alpha value is -1.07. The zero-order chi connectivity index (χ0) is 12.6. The number of thiazole rings is 1. The maximum atomic E-state index is 11.8. The molecule has 0 aliphatic carbocycles. The van der Waals surface area contributed by atoms with E-state index in [2.05, 4.69) is 15.9 Å². The fraction of sp³-hybridized carbons (Fsp3) is 0.250. The monoisotopic (exact) mass is 312 g/mol. The first-order valence-electron chi connectivity index (χ1n) is 5.20. The lowest BCUT2D eigenvalue weighted by Gasteiger charge is -2.10. The first-order valence-corrected chi connectivity index (χ1v) is 6.81. The summed E-state index contributed by atoms with van der Waals surface area (Å²) in [5.41, 5.74) is 8.60. The van der Waals surface area contributed by atoms with Crippen molar-refractivity contribution in [1.29, 1.82) is 0 Å². The van der Waals surface area contributed by atoms with Crippen molar-refractivity contribution >= 4 is 33.0 Å². The molecule has 17 heavy (non-hydrogen) atoms. The number of halogens is 1. The highest BCUT2D eigenvalue weighted by molar-refractivity contribution is 9.10. The van der Waals surface area contributed by atoms with E-state index in [4.69, 9.17) is 5.73 Å². The van der Waals surface area contributed by atoms with Gasteiger partial charge in [-0.05, 0) is 26.0 Å². The van der Waals surface area contributed by atoms with E-state index in [0.29, 0.717) is 12.2 Å². The standard InChI is InChI=1S/C12H13BrN2OS/c1-7-8(2)17-12(16)15(7)6-9-10(13)4-3-5-11(9)14/h3-5H,6,14H2,1-2H3. The zero-order valence-corrected chi connectivity index (χ0v) is 12.1. The third-order valence-corrected chi connectivity index (χ3v) is 4.59. The van der Waals surface area contributed by atoms with Gasteiger partial charge in [0.05, 0.1) is 6.54 Å². The molecule has 0 fully saturated rings. The molecule has 0 amide bonds. The number of hydrogen-bond acceptors (Lipinski definition) is 3. The Morgan fingerprint density at radius 2 is 2.12 bits per heavy atom. The average Bonchev–Trinajstić information content (AvgIpc) is 2.49. The van der Waals surface area contributed by atoms with Crippen molar-refractivity contribution in [2.24, 2.45) is 0 Å². The number of aromatic nitrogens is 1. The number of nitrogen functional groups attached to an aromatic ring is 1. The predicted octanol–water partition coefficient (Wildman–Crippen LogP) is 2.92. The lowest BCUT2D eigenvalue weighted by molar-refractivity contribution is 0.750. The molecule has 0 atom stereocenters. The average molecular weight is 313 g/mol. The van der Waals surface area contributed by atoms with Gasteiger partial charge in [0.15, 0.2) is 0 Å². The minimum absolute atomic E-state index is 0.0650. The molecule has 5 heteroatoms. The Morgan fingerprint density at radius 3 is 2.65 bits per heavy atom. The fourth-order valence-electron chi connectivity index (χ4n) is 1.67. The van der Waals surface area contributed by atoms with Crippen LogP contribution >= 0.6 is 27.3 Å². The van der Waals surface area contributed by atoms with Crippen LogP contribution in [0.5, 0.6) is 0 Å². The second kappa shape index (κ2) is 4.66. The molecule has 1 aromatic carbocycles. The summed E-state index contributed by atoms with van der Waals surface area (Å²) in [5.74, 6) is 0. The minimum Gasteiger partial charge on any atom is -0.398 e. The van der Waals surface area contributed by atoms with Crippen molar-refractivity contribution in [2.75, 3.05) is 5.73 Å². The van der Waals surface area contributed by atoms with E-state index >= 15 is 0 Å². The van der Waals surface area contributed by atoms with Crippen LogP contribution in [-0.4, -0.2) is 4.57 Å². The lowest BCUT2D eigenvalue weighted by Crippen LogP contribution is -2.16. The molecule has 0 saturated heterocycles. The summed E-state index contributed by atoms with van der Waals surface area (Å²) in [5, 5.41) is 0. The summed E-state index contributed by atoms with van der Waals surface area (Å²) in [6.07, 6.45) is 0. The first kappa shape index (κ1) is 12.4. The molecule has 0 unspecified atom stereocenters. The normalized spacial score (nSPS) is 10.8. The Morgan fingerprint density at radius 1 is 1.41 bits per heavy atom. The smallest absolute Gasteiger partial charge is 0.307 e. The Bertz CT molecular complexity index is 595. The van der Waals surface area contributed by atoms with Crippen LogP contribution in [0.15, 0.2) is 27.5 Å². The van der Waals surface area contributed by atoms with E-state index in [1.54, 1.807) is 4.57 Å². The van der Waals surface area contributed by atoms with Gasteiger partial charge in [0, 0.05) is 26.3 Å². The Labute approximate surface area is 112 Å². The van der Waals surface area contributed by atoms with Crippen molar-refractivity contribution in [1.82, 2.24) is 4.57 Å². The SMILES string of the molecule is Cc1sc(=O)n(Cc2c(N)cccc2Br)c1C. The van der Waals surface area contributed by atoms with Crippen molar-refractivity contribution in [3.8, 4) is 0 Å². The van der Waals surface area contributed by atoms with Crippen LogP contribution in [0.1, 0.15) is 16.1 Å². The van der Waals surface area contributed by atoms with Gasteiger partial charge in [0.1, 0.15) is 0 Å². The van der Waals surface area contributed by atoms with Gasteiger partial charge in [-0.15, -0.1) is 0 Å². The van der Waals surface area contributed by atoms with Gasteiger partial charge in [-0.25, -0.2) is 0 Å². The third kappa shape index (κ3) is 2.30. The van der Waals surface area contributed by atoms with Gasteiger partial charge < -0.3 is 5.73 Å². The zero-order valence-electron chi connectivity index (χ0n) is 9.66. The molecule has 2 aromatic rings. The molecule has 0 bridgehead atoms. The number of aryl methyl sites for hydroxylation is 1.